The minimum absolute atomic E-state index is 0.474. The van der Waals surface area contributed by atoms with Crippen molar-refractivity contribution in [3.05, 3.63) is 59.3 Å². The number of ether oxygens (including phenoxy) is 3. The number of hydrogen-bond acceptors (Lipinski definition) is 6. The number of rotatable bonds is 12. The van der Waals surface area contributed by atoms with Gasteiger partial charge in [0.1, 0.15) is 6.61 Å². The van der Waals surface area contributed by atoms with Gasteiger partial charge in [-0.2, -0.15) is 0 Å². The lowest BCUT2D eigenvalue weighted by Gasteiger charge is -2.26. The van der Waals surface area contributed by atoms with Gasteiger partial charge in [-0.05, 0) is 57.1 Å². The number of hydrogen-bond donors (Lipinski definition) is 1. The third-order valence-corrected chi connectivity index (χ3v) is 6.99. The predicted octanol–water partition coefficient (Wildman–Crippen LogP) is 3.86. The first kappa shape index (κ1) is 26.5. The molecule has 1 aliphatic heterocycles. The molecule has 0 spiro atoms. The van der Waals surface area contributed by atoms with Crippen molar-refractivity contribution >= 4 is 10.9 Å². The molecule has 1 atom stereocenters. The fourth-order valence-corrected chi connectivity index (χ4v) is 4.99. The van der Waals surface area contributed by atoms with Crippen molar-refractivity contribution < 1.29 is 19.3 Å². The van der Waals surface area contributed by atoms with Gasteiger partial charge in [-0.1, -0.05) is 24.3 Å². The maximum Gasteiger partial charge on any atom is 0.161 e. The molecule has 1 N–H and O–H groups in total. The van der Waals surface area contributed by atoms with Gasteiger partial charge < -0.3 is 23.9 Å². The number of benzene rings is 2. The van der Waals surface area contributed by atoms with E-state index in [0.717, 1.165) is 56.5 Å². The molecule has 4 rings (SSSR count). The maximum absolute atomic E-state index is 10.9. The van der Waals surface area contributed by atoms with Crippen molar-refractivity contribution in [1.82, 2.24) is 14.4 Å². The molecule has 0 amide bonds. The zero-order valence-corrected chi connectivity index (χ0v) is 22.2. The van der Waals surface area contributed by atoms with Gasteiger partial charge in [0, 0.05) is 49.3 Å². The zero-order chi connectivity index (χ0) is 25.5. The Bertz CT molecular complexity index is 1120. The zero-order valence-electron chi connectivity index (χ0n) is 22.2. The van der Waals surface area contributed by atoms with E-state index in [1.54, 1.807) is 0 Å². The van der Waals surface area contributed by atoms with Gasteiger partial charge in [0.15, 0.2) is 11.5 Å². The SMILES string of the molecule is CCOc1cc(CN(C)C[C@H](O)Cn2c(C)c(C)c3ccccc32)ccc1OCCN1CCOCC1. The Hall–Kier alpha value is -2.58. The van der Waals surface area contributed by atoms with E-state index in [-0.39, 0.29) is 0 Å². The second-order valence-corrected chi connectivity index (χ2v) is 9.71. The summed E-state index contributed by atoms with van der Waals surface area (Å²) in [5.41, 5.74) is 4.80. The molecule has 7 nitrogen and oxygen atoms in total. The minimum atomic E-state index is -0.474. The first-order valence-electron chi connectivity index (χ1n) is 13.1. The minimum Gasteiger partial charge on any atom is -0.490 e. The number of para-hydroxylation sites is 1. The van der Waals surface area contributed by atoms with Crippen molar-refractivity contribution in [3.63, 3.8) is 0 Å². The van der Waals surface area contributed by atoms with Gasteiger partial charge in [0.2, 0.25) is 0 Å². The number of aliphatic hydroxyl groups is 1. The topological polar surface area (TPSA) is 59.3 Å². The van der Waals surface area contributed by atoms with Crippen LogP contribution in [0.2, 0.25) is 0 Å². The van der Waals surface area contributed by atoms with E-state index in [2.05, 4.69) is 64.6 Å². The summed E-state index contributed by atoms with van der Waals surface area (Å²) in [7, 11) is 2.04. The van der Waals surface area contributed by atoms with Crippen molar-refractivity contribution in [3.8, 4) is 11.5 Å². The number of likely N-dealkylation sites (N-methyl/N-ethyl adjacent to an activating group) is 1. The Morgan fingerprint density at radius 2 is 1.83 bits per heavy atom. The number of aromatic nitrogens is 1. The molecule has 196 valence electrons. The number of nitrogens with zero attached hydrogens (tertiary/aromatic N) is 3. The Morgan fingerprint density at radius 3 is 2.61 bits per heavy atom. The summed E-state index contributed by atoms with van der Waals surface area (Å²) in [4.78, 5) is 4.51. The number of morpholine rings is 1. The molecule has 0 unspecified atom stereocenters. The highest BCUT2D eigenvalue weighted by Crippen LogP contribution is 2.29. The highest BCUT2D eigenvalue weighted by molar-refractivity contribution is 5.85. The predicted molar refractivity (Wildman–Crippen MR) is 144 cm³/mol. The molecule has 0 aliphatic carbocycles. The molecule has 1 fully saturated rings. The van der Waals surface area contributed by atoms with Crippen LogP contribution in [0.15, 0.2) is 42.5 Å². The molecule has 2 heterocycles. The molecule has 2 aromatic carbocycles. The number of fused-ring (bicyclic) bond motifs is 1. The van der Waals surface area contributed by atoms with Crippen LogP contribution >= 0.6 is 0 Å². The first-order valence-corrected chi connectivity index (χ1v) is 13.1. The first-order chi connectivity index (χ1) is 17.5. The fourth-order valence-electron chi connectivity index (χ4n) is 4.99. The highest BCUT2D eigenvalue weighted by atomic mass is 16.5. The van der Waals surface area contributed by atoms with E-state index >= 15 is 0 Å². The second kappa shape index (κ2) is 12.6. The van der Waals surface area contributed by atoms with E-state index in [1.165, 1.54) is 22.2 Å². The van der Waals surface area contributed by atoms with Crippen LogP contribution in [0, 0.1) is 13.8 Å². The Kier molecular flexibility index (Phi) is 9.26. The van der Waals surface area contributed by atoms with Crippen LogP contribution in [0.5, 0.6) is 11.5 Å². The third kappa shape index (κ3) is 6.59. The van der Waals surface area contributed by atoms with Gasteiger partial charge in [-0.15, -0.1) is 0 Å². The monoisotopic (exact) mass is 495 g/mol. The van der Waals surface area contributed by atoms with Crippen LogP contribution in [0.25, 0.3) is 10.9 Å². The van der Waals surface area contributed by atoms with Gasteiger partial charge in [0.25, 0.3) is 0 Å². The molecule has 1 aliphatic rings. The second-order valence-electron chi connectivity index (χ2n) is 9.71. The molecule has 0 saturated carbocycles. The molecule has 0 bridgehead atoms. The molecule has 1 aromatic heterocycles. The Morgan fingerprint density at radius 1 is 1.06 bits per heavy atom. The highest BCUT2D eigenvalue weighted by Gasteiger charge is 2.16. The van der Waals surface area contributed by atoms with Gasteiger partial charge in [0.05, 0.1) is 32.5 Å². The summed E-state index contributed by atoms with van der Waals surface area (Å²) in [5.74, 6) is 1.55. The van der Waals surface area contributed by atoms with E-state index in [1.807, 2.05) is 20.0 Å². The molecule has 0 radical (unpaired) electrons. The van der Waals surface area contributed by atoms with E-state index in [9.17, 15) is 5.11 Å². The van der Waals surface area contributed by atoms with Crippen LogP contribution in [-0.4, -0.2) is 85.2 Å². The van der Waals surface area contributed by atoms with E-state index < -0.39 is 6.10 Å². The average Bonchev–Trinajstić information content (AvgIpc) is 3.11. The summed E-state index contributed by atoms with van der Waals surface area (Å²) in [5, 5.41) is 12.2. The quantitative estimate of drug-likeness (QED) is 0.412. The summed E-state index contributed by atoms with van der Waals surface area (Å²) in [6.45, 7) is 13.7. The van der Waals surface area contributed by atoms with Gasteiger partial charge in [-0.3, -0.25) is 9.80 Å². The molecular formula is C29H41N3O4. The Labute approximate surface area is 215 Å². The molecule has 7 heteroatoms. The fraction of sp³-hybridized carbons (Fsp3) is 0.517. The third-order valence-electron chi connectivity index (χ3n) is 6.99. The number of aliphatic hydroxyl groups excluding tert-OH is 1. The van der Waals surface area contributed by atoms with Crippen LogP contribution < -0.4 is 9.47 Å². The summed E-state index contributed by atoms with van der Waals surface area (Å²) in [6.07, 6.45) is -0.474. The van der Waals surface area contributed by atoms with Crippen molar-refractivity contribution in [2.45, 2.75) is 40.0 Å². The van der Waals surface area contributed by atoms with Crippen LogP contribution in [-0.2, 0) is 17.8 Å². The van der Waals surface area contributed by atoms with Crippen LogP contribution in [0.1, 0.15) is 23.7 Å². The summed E-state index contributed by atoms with van der Waals surface area (Å²) in [6, 6.07) is 14.6. The molecule has 1 saturated heterocycles. The average molecular weight is 496 g/mol. The normalized spacial score (nSPS) is 15.5. The maximum atomic E-state index is 10.9. The molecular weight excluding hydrogens is 454 g/mol. The van der Waals surface area contributed by atoms with Gasteiger partial charge >= 0.3 is 0 Å². The standard InChI is InChI=1S/C29H41N3O4/c1-5-35-29-18-24(10-11-28(29)36-17-14-31-12-15-34-16-13-31)19-30(4)20-25(33)21-32-23(3)22(2)26-8-6-7-9-27(26)32/h6-11,18,25,33H,5,12-17,19-21H2,1-4H3/t25-/m0/s1. The van der Waals surface area contributed by atoms with Gasteiger partial charge in [-0.25, -0.2) is 0 Å². The van der Waals surface area contributed by atoms with Crippen molar-refractivity contribution in [2.24, 2.45) is 0 Å². The van der Waals surface area contributed by atoms with Crippen LogP contribution in [0.3, 0.4) is 0 Å². The van der Waals surface area contributed by atoms with Crippen molar-refractivity contribution in [2.75, 3.05) is 59.7 Å². The summed E-state index contributed by atoms with van der Waals surface area (Å²) < 4.78 is 19.6. The Balaban J connectivity index is 1.33. The number of aryl methyl sites for hydroxylation is 1. The van der Waals surface area contributed by atoms with Crippen LogP contribution in [0.4, 0.5) is 0 Å². The van der Waals surface area contributed by atoms with Crippen molar-refractivity contribution in [1.29, 1.82) is 0 Å². The summed E-state index contributed by atoms with van der Waals surface area (Å²) >= 11 is 0. The smallest absolute Gasteiger partial charge is 0.161 e. The lowest BCUT2D eigenvalue weighted by molar-refractivity contribution is 0.0320. The van der Waals surface area contributed by atoms with E-state index in [0.29, 0.717) is 26.3 Å². The largest absolute Gasteiger partial charge is 0.490 e. The lowest BCUT2D eigenvalue weighted by Crippen LogP contribution is -2.38. The molecule has 3 aromatic rings. The lowest BCUT2D eigenvalue weighted by atomic mass is 10.2. The van der Waals surface area contributed by atoms with E-state index in [4.69, 9.17) is 14.2 Å². The molecule has 36 heavy (non-hydrogen) atoms.